The van der Waals surface area contributed by atoms with Gasteiger partial charge < -0.3 is 10.2 Å². The van der Waals surface area contributed by atoms with Gasteiger partial charge in [0.1, 0.15) is 6.04 Å². The van der Waals surface area contributed by atoms with Crippen LogP contribution in [0, 0.1) is 11.3 Å². The van der Waals surface area contributed by atoms with Crippen LogP contribution in [0.1, 0.15) is 33.6 Å². The van der Waals surface area contributed by atoms with Gasteiger partial charge in [0, 0.05) is 6.04 Å². The Morgan fingerprint density at radius 1 is 1.60 bits per heavy atom. The van der Waals surface area contributed by atoms with Crippen LogP contribution >= 0.6 is 0 Å². The summed E-state index contributed by atoms with van der Waals surface area (Å²) in [4.78, 5) is 10.8. The first-order chi connectivity index (χ1) is 6.88. The second-order valence-corrected chi connectivity index (χ2v) is 5.22. The second-order valence-electron chi connectivity index (χ2n) is 5.22. The van der Waals surface area contributed by atoms with Crippen LogP contribution in [0.3, 0.4) is 0 Å². The van der Waals surface area contributed by atoms with Crippen LogP contribution in [0.4, 0.5) is 0 Å². The van der Waals surface area contributed by atoms with Gasteiger partial charge in [-0.2, -0.15) is 0 Å². The van der Waals surface area contributed by atoms with Crippen molar-refractivity contribution in [1.82, 2.24) is 5.32 Å². The molecular formula is C11H21NO3. The van der Waals surface area contributed by atoms with Crippen molar-refractivity contribution in [3.8, 4) is 0 Å². The van der Waals surface area contributed by atoms with Crippen molar-refractivity contribution >= 4 is 5.97 Å². The highest BCUT2D eigenvalue weighted by molar-refractivity contribution is 5.73. The van der Waals surface area contributed by atoms with Gasteiger partial charge in [0.25, 0.3) is 0 Å². The van der Waals surface area contributed by atoms with Crippen molar-refractivity contribution < 1.29 is 15.0 Å². The minimum atomic E-state index is -0.979. The lowest BCUT2D eigenvalue weighted by Crippen LogP contribution is -2.51. The van der Waals surface area contributed by atoms with E-state index in [4.69, 9.17) is 10.2 Å². The summed E-state index contributed by atoms with van der Waals surface area (Å²) in [7, 11) is 0. The van der Waals surface area contributed by atoms with Crippen LogP contribution in [0.25, 0.3) is 0 Å². The predicted octanol–water partition coefficient (Wildman–Crippen LogP) is 0.846. The summed E-state index contributed by atoms with van der Waals surface area (Å²) >= 11 is 0. The summed E-state index contributed by atoms with van der Waals surface area (Å²) < 4.78 is 0. The molecular weight excluding hydrogens is 194 g/mol. The quantitative estimate of drug-likeness (QED) is 0.650. The maximum absolute atomic E-state index is 10.8. The van der Waals surface area contributed by atoms with E-state index in [-0.39, 0.29) is 18.1 Å². The molecule has 4 heteroatoms. The van der Waals surface area contributed by atoms with Crippen LogP contribution in [0.2, 0.25) is 0 Å². The van der Waals surface area contributed by atoms with E-state index in [9.17, 15) is 4.79 Å². The van der Waals surface area contributed by atoms with Crippen LogP contribution in [-0.4, -0.2) is 34.9 Å². The smallest absolute Gasteiger partial charge is 0.323 e. The largest absolute Gasteiger partial charge is 0.480 e. The Kier molecular flexibility index (Phi) is 3.73. The van der Waals surface area contributed by atoms with E-state index in [1.165, 1.54) is 0 Å². The summed E-state index contributed by atoms with van der Waals surface area (Å²) in [6.45, 7) is 6.06. The van der Waals surface area contributed by atoms with E-state index in [0.717, 1.165) is 12.8 Å². The Morgan fingerprint density at radius 3 is 2.53 bits per heavy atom. The molecule has 0 amide bonds. The Balaban J connectivity index is 2.66. The molecule has 0 radical (unpaired) electrons. The summed E-state index contributed by atoms with van der Waals surface area (Å²) in [5, 5.41) is 20.9. The van der Waals surface area contributed by atoms with Gasteiger partial charge in [-0.3, -0.25) is 10.1 Å². The monoisotopic (exact) mass is 215 g/mol. The van der Waals surface area contributed by atoms with E-state index in [1.54, 1.807) is 0 Å². The number of nitrogens with one attached hydrogen (secondary N) is 1. The fourth-order valence-corrected chi connectivity index (χ4v) is 2.50. The molecule has 3 atom stereocenters. The average Bonchev–Trinajstić information content (AvgIpc) is 2.38. The summed E-state index contributed by atoms with van der Waals surface area (Å²) in [6, 6.07) is -0.666. The van der Waals surface area contributed by atoms with Gasteiger partial charge in [-0.15, -0.1) is 0 Å². The van der Waals surface area contributed by atoms with E-state index in [2.05, 4.69) is 26.1 Å². The van der Waals surface area contributed by atoms with Crippen molar-refractivity contribution in [3.63, 3.8) is 0 Å². The lowest BCUT2D eigenvalue weighted by atomic mass is 9.85. The number of rotatable bonds is 4. The topological polar surface area (TPSA) is 69.6 Å². The van der Waals surface area contributed by atoms with Crippen molar-refractivity contribution in [2.75, 3.05) is 6.61 Å². The molecule has 4 nitrogen and oxygen atoms in total. The number of carboxylic acids is 1. The van der Waals surface area contributed by atoms with Crippen LogP contribution < -0.4 is 5.32 Å². The Bertz CT molecular complexity index is 240. The molecule has 1 aliphatic rings. The van der Waals surface area contributed by atoms with Gasteiger partial charge in [-0.1, -0.05) is 20.8 Å². The van der Waals surface area contributed by atoms with Crippen molar-refractivity contribution in [2.45, 2.75) is 45.7 Å². The molecule has 3 N–H and O–H groups in total. The lowest BCUT2D eigenvalue weighted by Gasteiger charge is -2.32. The molecule has 88 valence electrons. The van der Waals surface area contributed by atoms with Gasteiger partial charge in [0.15, 0.2) is 0 Å². The van der Waals surface area contributed by atoms with Gasteiger partial charge in [-0.05, 0) is 24.2 Å². The van der Waals surface area contributed by atoms with Gasteiger partial charge >= 0.3 is 5.97 Å². The third-order valence-electron chi connectivity index (χ3n) is 3.52. The summed E-state index contributed by atoms with van der Waals surface area (Å²) in [5.41, 5.74) is 0.113. The van der Waals surface area contributed by atoms with Crippen LogP contribution in [0.15, 0.2) is 0 Å². The predicted molar refractivity (Wildman–Crippen MR) is 57.6 cm³/mol. The molecule has 0 heterocycles. The number of aliphatic carboxylic acids is 1. The number of hydrogen-bond donors (Lipinski definition) is 3. The summed E-state index contributed by atoms with van der Waals surface area (Å²) in [6.07, 6.45) is 2.21. The molecule has 0 aromatic rings. The zero-order chi connectivity index (χ0) is 11.6. The minimum absolute atomic E-state index is 0.113. The van der Waals surface area contributed by atoms with Crippen molar-refractivity contribution in [1.29, 1.82) is 0 Å². The first-order valence-corrected chi connectivity index (χ1v) is 5.48. The van der Waals surface area contributed by atoms with Gasteiger partial charge in [-0.25, -0.2) is 0 Å². The van der Waals surface area contributed by atoms with Crippen LogP contribution in [0.5, 0.6) is 0 Å². The van der Waals surface area contributed by atoms with Gasteiger partial charge in [0.2, 0.25) is 0 Å². The Hall–Kier alpha value is -0.610. The summed E-state index contributed by atoms with van der Waals surface area (Å²) in [5.74, 6) is -0.513. The zero-order valence-corrected chi connectivity index (χ0v) is 9.66. The number of aliphatic hydroxyl groups excluding tert-OH is 1. The second kappa shape index (κ2) is 4.49. The molecule has 15 heavy (non-hydrogen) atoms. The Labute approximate surface area is 90.7 Å². The number of carbonyl (C=O) groups is 1. The fraction of sp³-hybridized carbons (Fsp3) is 0.909. The molecule has 0 saturated heterocycles. The van der Waals surface area contributed by atoms with E-state index < -0.39 is 12.0 Å². The maximum atomic E-state index is 10.8. The number of hydrogen-bond acceptors (Lipinski definition) is 3. The van der Waals surface area contributed by atoms with Crippen molar-refractivity contribution in [3.05, 3.63) is 0 Å². The Morgan fingerprint density at radius 2 is 2.20 bits per heavy atom. The fourth-order valence-electron chi connectivity index (χ4n) is 2.50. The van der Waals surface area contributed by atoms with Crippen LogP contribution in [-0.2, 0) is 4.79 Å². The SMILES string of the molecule is CC1CCC(C)(C)C1N[C@H](CO)C(=O)O. The molecule has 2 unspecified atom stereocenters. The molecule has 0 spiro atoms. The molecule has 1 fully saturated rings. The van der Waals surface area contributed by atoms with Gasteiger partial charge in [0.05, 0.1) is 6.61 Å². The first-order valence-electron chi connectivity index (χ1n) is 5.48. The van der Waals surface area contributed by atoms with E-state index in [1.807, 2.05) is 0 Å². The highest BCUT2D eigenvalue weighted by atomic mass is 16.4. The molecule has 0 aromatic carbocycles. The number of aliphatic hydroxyl groups is 1. The third-order valence-corrected chi connectivity index (χ3v) is 3.52. The first kappa shape index (κ1) is 12.5. The molecule has 1 saturated carbocycles. The number of carboxylic acid groups (broad SMARTS) is 1. The van der Waals surface area contributed by atoms with E-state index in [0.29, 0.717) is 5.92 Å². The molecule has 1 aliphatic carbocycles. The molecule has 1 rings (SSSR count). The minimum Gasteiger partial charge on any atom is -0.480 e. The lowest BCUT2D eigenvalue weighted by molar-refractivity contribution is -0.141. The highest BCUT2D eigenvalue weighted by Crippen LogP contribution is 2.41. The zero-order valence-electron chi connectivity index (χ0n) is 9.66. The maximum Gasteiger partial charge on any atom is 0.323 e. The van der Waals surface area contributed by atoms with Crippen molar-refractivity contribution in [2.24, 2.45) is 11.3 Å². The molecule has 0 bridgehead atoms. The highest BCUT2D eigenvalue weighted by Gasteiger charge is 2.41. The standard InChI is InChI=1S/C11H21NO3/c1-7-4-5-11(2,3)9(7)12-8(6-13)10(14)15/h7-9,12-13H,4-6H2,1-3H3,(H,14,15)/t7?,8-,9?/m1/s1. The molecule has 0 aromatic heterocycles. The van der Waals surface area contributed by atoms with E-state index >= 15 is 0 Å². The normalized spacial score (nSPS) is 31.5. The average molecular weight is 215 g/mol. The third kappa shape index (κ3) is 2.69. The molecule has 0 aliphatic heterocycles.